The summed E-state index contributed by atoms with van der Waals surface area (Å²) in [5.74, 6) is -0.00805. The molecule has 2 heterocycles. The monoisotopic (exact) mass is 292 g/mol. The van der Waals surface area contributed by atoms with E-state index in [1.165, 1.54) is 0 Å². The molecule has 0 aliphatic heterocycles. The van der Waals surface area contributed by atoms with Gasteiger partial charge in [0.05, 0.1) is 11.0 Å². The molecular formula is C15H12N6O. The molecule has 0 aliphatic carbocycles. The Kier molecular flexibility index (Phi) is 2.89. The van der Waals surface area contributed by atoms with Crippen LogP contribution in [0.1, 0.15) is 0 Å². The van der Waals surface area contributed by atoms with Gasteiger partial charge in [0.1, 0.15) is 24.1 Å². The molecule has 0 spiro atoms. The Morgan fingerprint density at radius 1 is 0.773 bits per heavy atom. The van der Waals surface area contributed by atoms with Crippen molar-refractivity contribution in [2.24, 2.45) is 0 Å². The number of carbonyl (C=O) groups is 1. The van der Waals surface area contributed by atoms with Crippen molar-refractivity contribution >= 4 is 27.9 Å². The summed E-state index contributed by atoms with van der Waals surface area (Å²) in [7, 11) is 0. The Balaban J connectivity index is 1.58. The number of benzene rings is 2. The molecule has 4 rings (SSSR count). The topological polar surface area (TPSA) is 78.5 Å². The fourth-order valence-electron chi connectivity index (χ4n) is 2.45. The van der Waals surface area contributed by atoms with E-state index in [0.717, 1.165) is 22.1 Å². The lowest BCUT2D eigenvalue weighted by molar-refractivity contribution is -0.120. The van der Waals surface area contributed by atoms with Crippen molar-refractivity contribution in [1.82, 2.24) is 30.0 Å². The van der Waals surface area contributed by atoms with E-state index in [0.29, 0.717) is 0 Å². The first-order chi connectivity index (χ1) is 10.8. The van der Waals surface area contributed by atoms with Crippen LogP contribution in [0.2, 0.25) is 0 Å². The minimum Gasteiger partial charge on any atom is -0.296 e. The van der Waals surface area contributed by atoms with Crippen LogP contribution < -0.4 is 0 Å². The van der Waals surface area contributed by atoms with Crippen LogP contribution in [-0.2, 0) is 17.9 Å². The van der Waals surface area contributed by atoms with Crippen LogP contribution in [0.5, 0.6) is 0 Å². The van der Waals surface area contributed by atoms with E-state index in [1.54, 1.807) is 9.36 Å². The molecule has 0 unspecified atom stereocenters. The number of Topliss-reactive ketones (excluding diaryl/α,β-unsaturated/α-hetero) is 1. The first-order valence-electron chi connectivity index (χ1n) is 6.89. The highest BCUT2D eigenvalue weighted by Crippen LogP contribution is 2.11. The molecule has 22 heavy (non-hydrogen) atoms. The van der Waals surface area contributed by atoms with Crippen molar-refractivity contribution < 1.29 is 4.79 Å². The summed E-state index contributed by atoms with van der Waals surface area (Å²) in [6, 6.07) is 15.1. The number of aromatic nitrogens is 6. The predicted octanol–water partition coefficient (Wildman–Crippen LogP) is 1.45. The second-order valence-electron chi connectivity index (χ2n) is 5.01. The Labute approximate surface area is 125 Å². The van der Waals surface area contributed by atoms with Crippen molar-refractivity contribution in [2.45, 2.75) is 13.1 Å². The maximum atomic E-state index is 12.3. The van der Waals surface area contributed by atoms with E-state index in [2.05, 4.69) is 20.6 Å². The fraction of sp³-hybridized carbons (Fsp3) is 0.133. The van der Waals surface area contributed by atoms with Crippen molar-refractivity contribution in [3.63, 3.8) is 0 Å². The highest BCUT2D eigenvalue weighted by Gasteiger charge is 2.11. The van der Waals surface area contributed by atoms with Gasteiger partial charge >= 0.3 is 0 Å². The number of carbonyl (C=O) groups excluding carboxylic acids is 1. The highest BCUT2D eigenvalue weighted by molar-refractivity contribution is 5.83. The first kappa shape index (κ1) is 12.6. The maximum Gasteiger partial charge on any atom is 0.175 e. The van der Waals surface area contributed by atoms with Crippen LogP contribution in [0.25, 0.3) is 22.1 Å². The minimum absolute atomic E-state index is 0.00805. The number of ketones is 1. The second kappa shape index (κ2) is 5.03. The van der Waals surface area contributed by atoms with Gasteiger partial charge in [-0.05, 0) is 24.3 Å². The van der Waals surface area contributed by atoms with Gasteiger partial charge in [0.2, 0.25) is 0 Å². The molecular weight excluding hydrogens is 280 g/mol. The lowest BCUT2D eigenvalue weighted by atomic mass is 10.3. The molecule has 7 heteroatoms. The van der Waals surface area contributed by atoms with Crippen molar-refractivity contribution in [1.29, 1.82) is 0 Å². The number of hydrogen-bond acceptors (Lipinski definition) is 5. The molecule has 0 fully saturated rings. The number of nitrogens with zero attached hydrogens (tertiary/aromatic N) is 6. The van der Waals surface area contributed by atoms with E-state index in [9.17, 15) is 4.79 Å². The average molecular weight is 292 g/mol. The van der Waals surface area contributed by atoms with Gasteiger partial charge in [0, 0.05) is 0 Å². The van der Waals surface area contributed by atoms with E-state index < -0.39 is 0 Å². The number of para-hydroxylation sites is 2. The molecule has 2 aromatic carbocycles. The normalized spacial score (nSPS) is 11.3. The molecule has 0 saturated heterocycles. The Morgan fingerprint density at radius 3 is 1.73 bits per heavy atom. The lowest BCUT2D eigenvalue weighted by Crippen LogP contribution is -2.18. The van der Waals surface area contributed by atoms with Gasteiger partial charge in [-0.25, -0.2) is 9.36 Å². The highest BCUT2D eigenvalue weighted by atomic mass is 16.1. The average Bonchev–Trinajstić information content (AvgIpc) is 3.13. The summed E-state index contributed by atoms with van der Waals surface area (Å²) in [6.45, 7) is 0.323. The smallest absolute Gasteiger partial charge is 0.175 e. The third-order valence-corrected chi connectivity index (χ3v) is 3.49. The van der Waals surface area contributed by atoms with Gasteiger partial charge in [-0.3, -0.25) is 4.79 Å². The van der Waals surface area contributed by atoms with Crippen molar-refractivity contribution in [3.8, 4) is 0 Å². The van der Waals surface area contributed by atoms with E-state index in [-0.39, 0.29) is 18.9 Å². The third-order valence-electron chi connectivity index (χ3n) is 3.49. The zero-order valence-electron chi connectivity index (χ0n) is 11.6. The van der Waals surface area contributed by atoms with Crippen LogP contribution in [0.15, 0.2) is 48.5 Å². The van der Waals surface area contributed by atoms with E-state index in [4.69, 9.17) is 0 Å². The molecule has 0 atom stereocenters. The molecule has 108 valence electrons. The van der Waals surface area contributed by atoms with Gasteiger partial charge in [0.15, 0.2) is 5.78 Å². The van der Waals surface area contributed by atoms with Gasteiger partial charge in [0.25, 0.3) is 0 Å². The van der Waals surface area contributed by atoms with Gasteiger partial charge in [-0.1, -0.05) is 34.7 Å². The molecule has 0 bridgehead atoms. The first-order valence-corrected chi connectivity index (χ1v) is 6.89. The van der Waals surface area contributed by atoms with Gasteiger partial charge < -0.3 is 0 Å². The zero-order valence-corrected chi connectivity index (χ0v) is 11.6. The van der Waals surface area contributed by atoms with E-state index in [1.807, 2.05) is 48.5 Å². The molecule has 0 saturated carbocycles. The molecule has 7 nitrogen and oxygen atoms in total. The molecule has 0 aliphatic rings. The van der Waals surface area contributed by atoms with Crippen LogP contribution >= 0.6 is 0 Å². The maximum absolute atomic E-state index is 12.3. The van der Waals surface area contributed by atoms with Crippen LogP contribution in [0, 0.1) is 0 Å². The Morgan fingerprint density at radius 2 is 1.23 bits per heavy atom. The molecule has 0 N–H and O–H groups in total. The summed E-state index contributed by atoms with van der Waals surface area (Å²) in [4.78, 5) is 12.3. The summed E-state index contributed by atoms with van der Waals surface area (Å²) < 4.78 is 3.22. The number of rotatable bonds is 4. The van der Waals surface area contributed by atoms with Crippen LogP contribution in [0.4, 0.5) is 0 Å². The predicted molar refractivity (Wildman–Crippen MR) is 80.1 cm³/mol. The molecule has 0 amide bonds. The summed E-state index contributed by atoms with van der Waals surface area (Å²) >= 11 is 0. The van der Waals surface area contributed by atoms with Crippen molar-refractivity contribution in [3.05, 3.63) is 48.5 Å². The second-order valence-corrected chi connectivity index (χ2v) is 5.01. The summed E-state index contributed by atoms with van der Waals surface area (Å²) in [5, 5.41) is 16.1. The molecule has 4 aromatic rings. The van der Waals surface area contributed by atoms with Crippen LogP contribution in [0.3, 0.4) is 0 Å². The lowest BCUT2D eigenvalue weighted by Gasteiger charge is -2.03. The van der Waals surface area contributed by atoms with E-state index >= 15 is 0 Å². The standard InChI is InChI=1S/C15H12N6O/c22-11(9-20-14-7-3-1-5-12(14)16-18-20)10-21-15-8-4-2-6-13(15)17-19-21/h1-8H,9-10H2. The van der Waals surface area contributed by atoms with Gasteiger partial charge in [-0.15, -0.1) is 10.2 Å². The Bertz CT molecular complexity index is 892. The SMILES string of the molecule is O=C(Cn1nnc2ccccc21)Cn1nnc2ccccc21. The van der Waals surface area contributed by atoms with Crippen molar-refractivity contribution in [2.75, 3.05) is 0 Å². The quantitative estimate of drug-likeness (QED) is 0.569. The van der Waals surface area contributed by atoms with Gasteiger partial charge in [-0.2, -0.15) is 0 Å². The summed E-state index contributed by atoms with van der Waals surface area (Å²) in [5.41, 5.74) is 3.25. The number of fused-ring (bicyclic) bond motifs is 2. The number of hydrogen-bond donors (Lipinski definition) is 0. The largest absolute Gasteiger partial charge is 0.296 e. The minimum atomic E-state index is -0.00805. The fourth-order valence-corrected chi connectivity index (χ4v) is 2.45. The summed E-state index contributed by atoms with van der Waals surface area (Å²) in [6.07, 6.45) is 0. The molecule has 0 radical (unpaired) electrons. The third kappa shape index (κ3) is 2.12. The molecule has 2 aromatic heterocycles. The Hall–Kier alpha value is -3.09. The zero-order chi connectivity index (χ0) is 14.9. The van der Waals surface area contributed by atoms with Crippen LogP contribution in [-0.4, -0.2) is 35.8 Å².